The Morgan fingerprint density at radius 2 is 1.73 bits per heavy atom. The number of carboxylic acid groups (broad SMARTS) is 1. The minimum atomic E-state index is -4.57. The molecule has 0 saturated carbocycles. The van der Waals surface area contributed by atoms with E-state index in [0.29, 0.717) is 4.31 Å². The Balaban J connectivity index is 2.34. The number of carboxylic acids is 1. The molecular weight excluding hydrogens is 371 g/mol. The van der Waals surface area contributed by atoms with Crippen LogP contribution in [0.1, 0.15) is 11.1 Å². The molecular formula is C17H16F3NO4S. The van der Waals surface area contributed by atoms with Gasteiger partial charge in [-0.1, -0.05) is 36.4 Å². The molecule has 0 aromatic heterocycles. The molecule has 0 saturated heterocycles. The second kappa shape index (κ2) is 7.46. The van der Waals surface area contributed by atoms with E-state index in [2.05, 4.69) is 0 Å². The van der Waals surface area contributed by atoms with Crippen molar-refractivity contribution in [2.45, 2.75) is 23.5 Å². The first kappa shape index (κ1) is 19.9. The number of benzene rings is 2. The zero-order valence-corrected chi connectivity index (χ0v) is 14.5. The van der Waals surface area contributed by atoms with Crippen molar-refractivity contribution in [3.63, 3.8) is 0 Å². The lowest BCUT2D eigenvalue weighted by molar-refractivity contribution is -0.141. The van der Waals surface area contributed by atoms with Gasteiger partial charge in [0, 0.05) is 7.05 Å². The fraction of sp³-hybridized carbons (Fsp3) is 0.235. The molecule has 0 spiro atoms. The number of likely N-dealkylation sites (N-methyl/N-ethyl adjacent to an activating group) is 1. The molecule has 0 aliphatic rings. The highest BCUT2D eigenvalue weighted by molar-refractivity contribution is 7.89. The monoisotopic (exact) mass is 387 g/mol. The lowest BCUT2D eigenvalue weighted by Gasteiger charge is -2.24. The van der Waals surface area contributed by atoms with Gasteiger partial charge in [-0.15, -0.1) is 0 Å². The summed E-state index contributed by atoms with van der Waals surface area (Å²) in [6.45, 7) is 0. The number of aliphatic carboxylic acids is 1. The average Bonchev–Trinajstić information content (AvgIpc) is 2.59. The minimum Gasteiger partial charge on any atom is -0.480 e. The van der Waals surface area contributed by atoms with Gasteiger partial charge in [-0.3, -0.25) is 4.79 Å². The largest absolute Gasteiger partial charge is 0.480 e. The van der Waals surface area contributed by atoms with Crippen LogP contribution in [0.25, 0.3) is 0 Å². The molecule has 9 heteroatoms. The van der Waals surface area contributed by atoms with Crippen molar-refractivity contribution >= 4 is 16.0 Å². The molecule has 0 aliphatic heterocycles. The molecule has 1 atom stereocenters. The smallest absolute Gasteiger partial charge is 0.416 e. The van der Waals surface area contributed by atoms with Gasteiger partial charge in [-0.2, -0.15) is 17.5 Å². The first-order valence-electron chi connectivity index (χ1n) is 7.45. The van der Waals surface area contributed by atoms with Gasteiger partial charge in [-0.05, 0) is 30.2 Å². The highest BCUT2D eigenvalue weighted by Gasteiger charge is 2.34. The maximum absolute atomic E-state index is 12.8. The maximum Gasteiger partial charge on any atom is 0.416 e. The molecule has 140 valence electrons. The van der Waals surface area contributed by atoms with Crippen LogP contribution in [0, 0.1) is 0 Å². The first-order valence-corrected chi connectivity index (χ1v) is 8.89. The number of rotatable bonds is 6. The van der Waals surface area contributed by atoms with Crippen LogP contribution in [0.3, 0.4) is 0 Å². The van der Waals surface area contributed by atoms with Crippen molar-refractivity contribution in [1.29, 1.82) is 0 Å². The summed E-state index contributed by atoms with van der Waals surface area (Å²) in [6, 6.07) is 9.83. The Hall–Kier alpha value is -2.39. The normalized spacial score (nSPS) is 13.6. The summed E-state index contributed by atoms with van der Waals surface area (Å²) in [5.74, 6) is -1.45. The second-order valence-electron chi connectivity index (χ2n) is 5.59. The van der Waals surface area contributed by atoms with E-state index >= 15 is 0 Å². The van der Waals surface area contributed by atoms with Crippen molar-refractivity contribution in [3.05, 3.63) is 65.7 Å². The van der Waals surface area contributed by atoms with E-state index in [1.807, 2.05) is 0 Å². The molecule has 5 nitrogen and oxygen atoms in total. The molecule has 2 rings (SSSR count). The van der Waals surface area contributed by atoms with Crippen LogP contribution >= 0.6 is 0 Å². The van der Waals surface area contributed by atoms with Crippen LogP contribution < -0.4 is 0 Å². The van der Waals surface area contributed by atoms with Gasteiger partial charge in [0.25, 0.3) is 0 Å². The van der Waals surface area contributed by atoms with E-state index in [1.165, 1.54) is 30.3 Å². The van der Waals surface area contributed by atoms with Crippen LogP contribution in [-0.2, 0) is 27.4 Å². The van der Waals surface area contributed by atoms with Crippen LogP contribution in [0.15, 0.2) is 59.5 Å². The number of sulfonamides is 1. The number of halogens is 3. The average molecular weight is 387 g/mol. The Kier molecular flexibility index (Phi) is 5.72. The molecule has 2 aromatic rings. The Morgan fingerprint density at radius 3 is 2.27 bits per heavy atom. The summed E-state index contributed by atoms with van der Waals surface area (Å²) < 4.78 is 64.2. The highest BCUT2D eigenvalue weighted by Crippen LogP contribution is 2.30. The molecule has 26 heavy (non-hydrogen) atoms. The van der Waals surface area contributed by atoms with Gasteiger partial charge < -0.3 is 5.11 Å². The first-order chi connectivity index (χ1) is 12.0. The molecule has 0 amide bonds. The Bertz CT molecular complexity index is 882. The molecule has 0 radical (unpaired) electrons. The number of hydrogen-bond donors (Lipinski definition) is 1. The van der Waals surface area contributed by atoms with Crippen LogP contribution in [0.5, 0.6) is 0 Å². The van der Waals surface area contributed by atoms with E-state index in [4.69, 9.17) is 0 Å². The molecule has 0 aliphatic carbocycles. The van der Waals surface area contributed by atoms with Crippen LogP contribution in [0.2, 0.25) is 0 Å². The lowest BCUT2D eigenvalue weighted by atomic mass is 10.0. The third kappa shape index (κ3) is 4.41. The molecule has 0 heterocycles. The molecule has 0 fully saturated rings. The van der Waals surface area contributed by atoms with Crippen molar-refractivity contribution in [3.8, 4) is 0 Å². The third-order valence-electron chi connectivity index (χ3n) is 3.83. The molecule has 1 N–H and O–H groups in total. The highest BCUT2D eigenvalue weighted by atomic mass is 32.2. The maximum atomic E-state index is 12.8. The summed E-state index contributed by atoms with van der Waals surface area (Å²) in [5.41, 5.74) is -0.852. The standard InChI is InChI=1S/C17H16F3NO4S/c1-21(26(24,25)14-8-3-2-4-9-14)15(16(22)23)11-12-6-5-7-13(10-12)17(18,19)20/h2-10,15H,11H2,1H3,(H,22,23)/t15-/m1/s1. The zero-order valence-electron chi connectivity index (χ0n) is 13.6. The van der Waals surface area contributed by atoms with E-state index in [-0.39, 0.29) is 10.5 Å². The molecule has 0 bridgehead atoms. The van der Waals surface area contributed by atoms with E-state index in [1.54, 1.807) is 6.07 Å². The van der Waals surface area contributed by atoms with Gasteiger partial charge >= 0.3 is 12.1 Å². The van der Waals surface area contributed by atoms with Crippen molar-refractivity contribution in [2.75, 3.05) is 7.05 Å². The lowest BCUT2D eigenvalue weighted by Crippen LogP contribution is -2.43. The van der Waals surface area contributed by atoms with Crippen LogP contribution in [0.4, 0.5) is 13.2 Å². The van der Waals surface area contributed by atoms with E-state index in [9.17, 15) is 31.5 Å². The summed E-state index contributed by atoms with van der Waals surface area (Å²) in [5, 5.41) is 9.42. The summed E-state index contributed by atoms with van der Waals surface area (Å²) in [4.78, 5) is 11.5. The Morgan fingerprint density at radius 1 is 1.12 bits per heavy atom. The fourth-order valence-electron chi connectivity index (χ4n) is 2.40. The number of nitrogens with zero attached hydrogens (tertiary/aromatic N) is 1. The van der Waals surface area contributed by atoms with Crippen LogP contribution in [-0.4, -0.2) is 36.9 Å². The second-order valence-corrected chi connectivity index (χ2v) is 7.59. The van der Waals surface area contributed by atoms with Crippen molar-refractivity contribution in [1.82, 2.24) is 4.31 Å². The quantitative estimate of drug-likeness (QED) is 0.827. The number of hydrogen-bond acceptors (Lipinski definition) is 3. The minimum absolute atomic E-state index is 0.0716. The third-order valence-corrected chi connectivity index (χ3v) is 5.71. The molecule has 0 unspecified atom stereocenters. The van der Waals surface area contributed by atoms with E-state index < -0.39 is 40.2 Å². The van der Waals surface area contributed by atoms with E-state index in [0.717, 1.165) is 25.2 Å². The van der Waals surface area contributed by atoms with Gasteiger partial charge in [0.05, 0.1) is 10.5 Å². The number of carbonyl (C=O) groups is 1. The SMILES string of the molecule is CN([C@H](Cc1cccc(C(F)(F)F)c1)C(=O)O)S(=O)(=O)c1ccccc1. The van der Waals surface area contributed by atoms with Gasteiger partial charge in [-0.25, -0.2) is 8.42 Å². The fourth-order valence-corrected chi connectivity index (χ4v) is 3.73. The topological polar surface area (TPSA) is 74.7 Å². The summed E-state index contributed by atoms with van der Waals surface area (Å²) in [7, 11) is -3.02. The van der Waals surface area contributed by atoms with Gasteiger partial charge in [0.2, 0.25) is 10.0 Å². The Labute approximate surface area is 148 Å². The van der Waals surface area contributed by atoms with Crippen molar-refractivity contribution < 1.29 is 31.5 Å². The predicted octanol–water partition coefficient (Wildman–Crippen LogP) is 3.02. The summed E-state index contributed by atoms with van der Waals surface area (Å²) in [6.07, 6.45) is -4.97. The van der Waals surface area contributed by atoms with Gasteiger partial charge in [0.1, 0.15) is 6.04 Å². The summed E-state index contributed by atoms with van der Waals surface area (Å²) >= 11 is 0. The van der Waals surface area contributed by atoms with Gasteiger partial charge in [0.15, 0.2) is 0 Å². The zero-order chi connectivity index (χ0) is 19.5. The van der Waals surface area contributed by atoms with Crippen molar-refractivity contribution in [2.24, 2.45) is 0 Å². The number of alkyl halides is 3. The molecule has 2 aromatic carbocycles. The predicted molar refractivity (Wildman–Crippen MR) is 88.0 cm³/mol.